The zero-order valence-corrected chi connectivity index (χ0v) is 19.9. The van der Waals surface area contributed by atoms with E-state index in [1.54, 1.807) is 11.8 Å². The van der Waals surface area contributed by atoms with Crippen molar-refractivity contribution in [1.29, 1.82) is 0 Å². The van der Waals surface area contributed by atoms with Gasteiger partial charge in [0.05, 0.1) is 18.4 Å². The maximum Gasteiger partial charge on any atom is 0.255 e. The molecule has 0 saturated carbocycles. The SMILES string of the molecule is COc1cc(C)ccc1CN1CCC(Cc2nn(C)cc2C(=O)NCc2ccccc2)CC1. The first-order valence-corrected chi connectivity index (χ1v) is 11.7. The van der Waals surface area contributed by atoms with Gasteiger partial charge < -0.3 is 10.1 Å². The van der Waals surface area contributed by atoms with Crippen LogP contribution in [0.4, 0.5) is 0 Å². The number of rotatable bonds is 8. The number of ether oxygens (including phenoxy) is 1. The summed E-state index contributed by atoms with van der Waals surface area (Å²) < 4.78 is 7.33. The van der Waals surface area contributed by atoms with E-state index in [9.17, 15) is 4.79 Å². The van der Waals surface area contributed by atoms with E-state index in [4.69, 9.17) is 4.74 Å². The number of aryl methyl sites for hydroxylation is 2. The van der Waals surface area contributed by atoms with E-state index < -0.39 is 0 Å². The van der Waals surface area contributed by atoms with Crippen LogP contribution < -0.4 is 10.1 Å². The second kappa shape index (κ2) is 10.7. The van der Waals surface area contributed by atoms with Gasteiger partial charge in [0.15, 0.2) is 0 Å². The number of carbonyl (C=O) groups is 1. The molecule has 1 amide bonds. The highest BCUT2D eigenvalue weighted by molar-refractivity contribution is 5.95. The fourth-order valence-electron chi connectivity index (χ4n) is 4.59. The Labute approximate surface area is 196 Å². The van der Waals surface area contributed by atoms with E-state index in [1.807, 2.05) is 43.6 Å². The predicted octanol–water partition coefficient (Wildman–Crippen LogP) is 4.12. The highest BCUT2D eigenvalue weighted by atomic mass is 16.5. The highest BCUT2D eigenvalue weighted by Gasteiger charge is 2.24. The van der Waals surface area contributed by atoms with Gasteiger partial charge in [-0.05, 0) is 62.4 Å². The molecule has 1 N–H and O–H groups in total. The summed E-state index contributed by atoms with van der Waals surface area (Å²) in [6.07, 6.45) is 4.90. The number of hydrogen-bond acceptors (Lipinski definition) is 4. The summed E-state index contributed by atoms with van der Waals surface area (Å²) in [5.41, 5.74) is 5.15. The largest absolute Gasteiger partial charge is 0.496 e. The van der Waals surface area contributed by atoms with Gasteiger partial charge in [0.25, 0.3) is 5.91 Å². The highest BCUT2D eigenvalue weighted by Crippen LogP contribution is 2.26. The molecule has 1 aromatic heterocycles. The summed E-state index contributed by atoms with van der Waals surface area (Å²) in [6, 6.07) is 16.4. The van der Waals surface area contributed by atoms with Crippen molar-refractivity contribution in [2.75, 3.05) is 20.2 Å². The summed E-state index contributed by atoms with van der Waals surface area (Å²) in [4.78, 5) is 15.3. The third-order valence-electron chi connectivity index (χ3n) is 6.47. The number of carbonyl (C=O) groups excluding carboxylic acids is 1. The monoisotopic (exact) mass is 446 g/mol. The Hall–Kier alpha value is -3.12. The number of methoxy groups -OCH3 is 1. The molecule has 0 atom stereocenters. The summed E-state index contributed by atoms with van der Waals surface area (Å²) in [6.45, 7) is 5.61. The molecule has 1 aliphatic heterocycles. The molecule has 2 aromatic carbocycles. The molecule has 2 heterocycles. The molecule has 174 valence electrons. The van der Waals surface area contributed by atoms with Gasteiger partial charge in [-0.1, -0.05) is 42.5 Å². The number of nitrogens with zero attached hydrogens (tertiary/aromatic N) is 3. The lowest BCUT2D eigenvalue weighted by molar-refractivity contribution is 0.0949. The first-order valence-electron chi connectivity index (χ1n) is 11.7. The lowest BCUT2D eigenvalue weighted by atomic mass is 9.91. The van der Waals surface area contributed by atoms with E-state index in [0.717, 1.165) is 55.9 Å². The van der Waals surface area contributed by atoms with Gasteiger partial charge in [0, 0.05) is 31.9 Å². The van der Waals surface area contributed by atoms with Crippen LogP contribution in [0, 0.1) is 12.8 Å². The Morgan fingerprint density at radius 1 is 1.15 bits per heavy atom. The second-order valence-electron chi connectivity index (χ2n) is 9.07. The van der Waals surface area contributed by atoms with Crippen LogP contribution in [0.15, 0.2) is 54.7 Å². The number of amides is 1. The summed E-state index contributed by atoms with van der Waals surface area (Å²) >= 11 is 0. The molecule has 1 saturated heterocycles. The topological polar surface area (TPSA) is 59.4 Å². The molecule has 1 fully saturated rings. The molecule has 1 aliphatic rings. The maximum atomic E-state index is 12.8. The number of piperidine rings is 1. The average Bonchev–Trinajstić information content (AvgIpc) is 3.20. The van der Waals surface area contributed by atoms with Gasteiger partial charge in [-0.25, -0.2) is 0 Å². The van der Waals surface area contributed by atoms with Gasteiger partial charge in [-0.15, -0.1) is 0 Å². The Kier molecular flexibility index (Phi) is 7.45. The minimum atomic E-state index is -0.0501. The smallest absolute Gasteiger partial charge is 0.255 e. The van der Waals surface area contributed by atoms with Gasteiger partial charge in [0.2, 0.25) is 0 Å². The fraction of sp³-hybridized carbons (Fsp3) is 0.407. The van der Waals surface area contributed by atoms with Crippen LogP contribution in [0.2, 0.25) is 0 Å². The second-order valence-corrected chi connectivity index (χ2v) is 9.07. The number of aromatic nitrogens is 2. The maximum absolute atomic E-state index is 12.8. The van der Waals surface area contributed by atoms with E-state index in [1.165, 1.54) is 11.1 Å². The minimum Gasteiger partial charge on any atom is -0.496 e. The van der Waals surface area contributed by atoms with Crippen molar-refractivity contribution in [2.45, 2.75) is 39.3 Å². The van der Waals surface area contributed by atoms with Gasteiger partial charge in [-0.2, -0.15) is 5.10 Å². The summed E-state index contributed by atoms with van der Waals surface area (Å²) in [7, 11) is 3.62. The van der Waals surface area contributed by atoms with Gasteiger partial charge >= 0.3 is 0 Å². The lowest BCUT2D eigenvalue weighted by Crippen LogP contribution is -2.34. The van der Waals surface area contributed by atoms with Crippen LogP contribution in [0.1, 0.15) is 45.6 Å². The first-order chi connectivity index (χ1) is 16.0. The van der Waals surface area contributed by atoms with Crippen molar-refractivity contribution in [2.24, 2.45) is 13.0 Å². The van der Waals surface area contributed by atoms with Gasteiger partial charge in [-0.3, -0.25) is 14.4 Å². The van der Waals surface area contributed by atoms with Crippen LogP contribution in [0.5, 0.6) is 5.75 Å². The Morgan fingerprint density at radius 2 is 1.91 bits per heavy atom. The Balaban J connectivity index is 1.32. The van der Waals surface area contributed by atoms with E-state index in [-0.39, 0.29) is 5.91 Å². The van der Waals surface area contributed by atoms with Gasteiger partial charge in [0.1, 0.15) is 5.75 Å². The molecule has 0 unspecified atom stereocenters. The number of hydrogen-bond donors (Lipinski definition) is 1. The lowest BCUT2D eigenvalue weighted by Gasteiger charge is -2.32. The zero-order valence-electron chi connectivity index (χ0n) is 19.9. The zero-order chi connectivity index (χ0) is 23.2. The number of benzene rings is 2. The number of likely N-dealkylation sites (tertiary alicyclic amines) is 1. The van der Waals surface area contributed by atoms with Crippen molar-refractivity contribution in [3.63, 3.8) is 0 Å². The van der Waals surface area contributed by atoms with E-state index >= 15 is 0 Å². The Morgan fingerprint density at radius 3 is 2.64 bits per heavy atom. The van der Waals surface area contributed by atoms with Crippen LogP contribution >= 0.6 is 0 Å². The van der Waals surface area contributed by atoms with Crippen molar-refractivity contribution in [1.82, 2.24) is 20.0 Å². The minimum absolute atomic E-state index is 0.0501. The molecule has 3 aromatic rings. The Bertz CT molecular complexity index is 1070. The van der Waals surface area contributed by atoms with Crippen molar-refractivity contribution in [3.8, 4) is 5.75 Å². The van der Waals surface area contributed by atoms with E-state index in [2.05, 4.69) is 40.4 Å². The molecule has 6 nitrogen and oxygen atoms in total. The molecule has 33 heavy (non-hydrogen) atoms. The molecule has 4 rings (SSSR count). The van der Waals surface area contributed by atoms with Crippen LogP contribution in [-0.2, 0) is 26.6 Å². The molecular weight excluding hydrogens is 412 g/mol. The van der Waals surface area contributed by atoms with Crippen LogP contribution in [0.3, 0.4) is 0 Å². The molecule has 0 bridgehead atoms. The average molecular weight is 447 g/mol. The molecule has 6 heteroatoms. The van der Waals surface area contributed by atoms with Crippen molar-refractivity contribution >= 4 is 5.91 Å². The summed E-state index contributed by atoms with van der Waals surface area (Å²) in [5, 5.41) is 7.67. The molecule has 0 aliphatic carbocycles. The van der Waals surface area contributed by atoms with Crippen LogP contribution in [-0.4, -0.2) is 40.8 Å². The normalized spacial score (nSPS) is 14.9. The van der Waals surface area contributed by atoms with Crippen molar-refractivity contribution < 1.29 is 9.53 Å². The third-order valence-corrected chi connectivity index (χ3v) is 6.47. The molecular formula is C27H34N4O2. The summed E-state index contributed by atoms with van der Waals surface area (Å²) in [5.74, 6) is 1.46. The third kappa shape index (κ3) is 6.02. The number of nitrogens with one attached hydrogen (secondary N) is 1. The fourth-order valence-corrected chi connectivity index (χ4v) is 4.59. The van der Waals surface area contributed by atoms with Crippen molar-refractivity contribution in [3.05, 3.63) is 82.7 Å². The molecule has 0 spiro atoms. The first kappa shape index (κ1) is 23.1. The van der Waals surface area contributed by atoms with E-state index in [0.29, 0.717) is 18.0 Å². The molecule has 0 radical (unpaired) electrons. The predicted molar refractivity (Wildman–Crippen MR) is 130 cm³/mol. The van der Waals surface area contributed by atoms with Crippen LogP contribution in [0.25, 0.3) is 0 Å². The quantitative estimate of drug-likeness (QED) is 0.565. The standard InChI is InChI=1S/C27H34N4O2/c1-20-9-10-23(26(15-20)33-3)18-31-13-11-21(12-14-31)16-25-24(19-30(2)29-25)27(32)28-17-22-7-5-4-6-8-22/h4-10,15,19,21H,11-14,16-18H2,1-3H3,(H,28,32).